The van der Waals surface area contributed by atoms with Crippen LogP contribution < -0.4 is 5.32 Å². The summed E-state index contributed by atoms with van der Waals surface area (Å²) < 4.78 is 1.79. The molecular weight excluding hydrogens is 228 g/mol. The van der Waals surface area contributed by atoms with Gasteiger partial charge in [-0.2, -0.15) is 5.10 Å². The van der Waals surface area contributed by atoms with E-state index in [1.807, 2.05) is 12.4 Å². The van der Waals surface area contributed by atoms with Crippen LogP contribution in [0.15, 0.2) is 12.4 Å². The van der Waals surface area contributed by atoms with Gasteiger partial charge in [-0.15, -0.1) is 0 Å². The lowest BCUT2D eigenvalue weighted by Gasteiger charge is -2.35. The van der Waals surface area contributed by atoms with Gasteiger partial charge in [0.1, 0.15) is 0 Å². The monoisotopic (exact) mass is 252 g/mol. The van der Waals surface area contributed by atoms with Crippen LogP contribution in [0.5, 0.6) is 0 Å². The summed E-state index contributed by atoms with van der Waals surface area (Å²) in [5.41, 5.74) is 1.19. The molecule has 0 amide bonds. The zero-order chi connectivity index (χ0) is 13.0. The van der Waals surface area contributed by atoms with Gasteiger partial charge in [-0.25, -0.2) is 0 Å². The van der Waals surface area contributed by atoms with Crippen LogP contribution in [0.2, 0.25) is 0 Å². The van der Waals surface area contributed by atoms with Gasteiger partial charge < -0.3 is 15.3 Å². The molecular formula is C13H24N4O. The van der Waals surface area contributed by atoms with E-state index in [1.54, 1.807) is 4.68 Å². The van der Waals surface area contributed by atoms with E-state index >= 15 is 0 Å². The average molecular weight is 252 g/mol. The maximum absolute atomic E-state index is 8.84. The Kier molecular flexibility index (Phi) is 4.74. The molecule has 1 aromatic heterocycles. The number of rotatable bonds is 5. The molecule has 1 aliphatic rings. The quantitative estimate of drug-likeness (QED) is 0.792. The normalized spacial score (nSPS) is 25.5. The Bertz CT molecular complexity index is 366. The first-order valence-electron chi connectivity index (χ1n) is 6.73. The van der Waals surface area contributed by atoms with Crippen LogP contribution in [0.25, 0.3) is 0 Å². The average Bonchev–Trinajstić information content (AvgIpc) is 2.76. The summed E-state index contributed by atoms with van der Waals surface area (Å²) in [6.07, 6.45) is 5.09. The van der Waals surface area contributed by atoms with Crippen molar-refractivity contribution in [2.45, 2.75) is 32.5 Å². The lowest BCUT2D eigenvalue weighted by atomic mass is 9.94. The van der Waals surface area contributed by atoms with E-state index in [0.29, 0.717) is 18.5 Å². The molecule has 1 aliphatic heterocycles. The molecule has 0 aromatic carbocycles. The summed E-state index contributed by atoms with van der Waals surface area (Å²) >= 11 is 0. The molecule has 0 bridgehead atoms. The van der Waals surface area contributed by atoms with Gasteiger partial charge in [0.05, 0.1) is 19.3 Å². The number of hydrogen-bond acceptors (Lipinski definition) is 4. The number of aromatic nitrogens is 2. The zero-order valence-corrected chi connectivity index (χ0v) is 11.3. The molecule has 0 spiro atoms. The SMILES string of the molecule is CC1CN(C)CCC1NCc1cnn(CCO)c1. The van der Waals surface area contributed by atoms with E-state index in [9.17, 15) is 0 Å². The molecule has 1 fully saturated rings. The highest BCUT2D eigenvalue weighted by atomic mass is 16.3. The molecule has 2 rings (SSSR count). The van der Waals surface area contributed by atoms with Crippen LogP contribution in [0.4, 0.5) is 0 Å². The van der Waals surface area contributed by atoms with Gasteiger partial charge in [-0.05, 0) is 25.9 Å². The van der Waals surface area contributed by atoms with E-state index in [2.05, 4.69) is 29.3 Å². The molecule has 2 N–H and O–H groups in total. The summed E-state index contributed by atoms with van der Waals surface area (Å²) in [4.78, 5) is 2.39. The first kappa shape index (κ1) is 13.5. The second kappa shape index (κ2) is 6.31. The minimum atomic E-state index is 0.139. The number of aliphatic hydroxyl groups excluding tert-OH is 1. The topological polar surface area (TPSA) is 53.3 Å². The molecule has 2 atom stereocenters. The van der Waals surface area contributed by atoms with Crippen molar-refractivity contribution >= 4 is 0 Å². The summed E-state index contributed by atoms with van der Waals surface area (Å²) in [5, 5.41) is 16.7. The third kappa shape index (κ3) is 3.54. The third-order valence-corrected chi connectivity index (χ3v) is 3.69. The minimum Gasteiger partial charge on any atom is -0.394 e. The molecule has 1 aromatic rings. The fraction of sp³-hybridized carbons (Fsp3) is 0.769. The van der Waals surface area contributed by atoms with Crippen LogP contribution in [-0.4, -0.2) is 52.6 Å². The standard InChI is InChI=1S/C13H24N4O/c1-11-9-16(2)4-3-13(11)14-7-12-8-15-17(10-12)5-6-18/h8,10-11,13-14,18H,3-7,9H2,1-2H3. The van der Waals surface area contributed by atoms with E-state index in [0.717, 1.165) is 6.54 Å². The van der Waals surface area contributed by atoms with Gasteiger partial charge >= 0.3 is 0 Å². The fourth-order valence-electron chi connectivity index (χ4n) is 2.63. The first-order chi connectivity index (χ1) is 8.69. The van der Waals surface area contributed by atoms with Gasteiger partial charge in [0.15, 0.2) is 0 Å². The highest BCUT2D eigenvalue weighted by Gasteiger charge is 2.23. The van der Waals surface area contributed by atoms with Crippen molar-refractivity contribution in [3.8, 4) is 0 Å². The largest absolute Gasteiger partial charge is 0.394 e. The predicted molar refractivity (Wildman–Crippen MR) is 71.2 cm³/mol. The van der Waals surface area contributed by atoms with Crippen LogP contribution in [0, 0.1) is 5.92 Å². The lowest BCUT2D eigenvalue weighted by Crippen LogP contribution is -2.46. The molecule has 1 saturated heterocycles. The Morgan fingerprint density at radius 1 is 1.56 bits per heavy atom. The summed E-state index contributed by atoms with van der Waals surface area (Å²) in [7, 11) is 2.19. The molecule has 5 heteroatoms. The molecule has 102 valence electrons. The number of nitrogens with one attached hydrogen (secondary N) is 1. The summed E-state index contributed by atoms with van der Waals surface area (Å²) in [6.45, 7) is 6.23. The highest BCUT2D eigenvalue weighted by molar-refractivity contribution is 5.03. The van der Waals surface area contributed by atoms with Crippen molar-refractivity contribution in [1.82, 2.24) is 20.0 Å². The Morgan fingerprint density at radius 3 is 3.11 bits per heavy atom. The highest BCUT2D eigenvalue weighted by Crippen LogP contribution is 2.15. The molecule has 2 heterocycles. The lowest BCUT2D eigenvalue weighted by molar-refractivity contribution is 0.174. The van der Waals surface area contributed by atoms with Crippen molar-refractivity contribution in [2.75, 3.05) is 26.7 Å². The molecule has 0 radical (unpaired) electrons. The first-order valence-corrected chi connectivity index (χ1v) is 6.73. The summed E-state index contributed by atoms with van der Waals surface area (Å²) in [6, 6.07) is 0.599. The molecule has 5 nitrogen and oxygen atoms in total. The number of aliphatic hydroxyl groups is 1. The van der Waals surface area contributed by atoms with Gasteiger partial charge in [-0.1, -0.05) is 6.92 Å². The van der Waals surface area contributed by atoms with E-state index in [4.69, 9.17) is 5.11 Å². The van der Waals surface area contributed by atoms with Gasteiger partial charge in [0.25, 0.3) is 0 Å². The van der Waals surface area contributed by atoms with E-state index in [-0.39, 0.29) is 6.61 Å². The zero-order valence-electron chi connectivity index (χ0n) is 11.3. The number of piperidine rings is 1. The number of nitrogens with zero attached hydrogens (tertiary/aromatic N) is 3. The van der Waals surface area contributed by atoms with Crippen LogP contribution >= 0.6 is 0 Å². The number of likely N-dealkylation sites (tertiary alicyclic amines) is 1. The van der Waals surface area contributed by atoms with Gasteiger partial charge in [0, 0.05) is 30.9 Å². The van der Waals surface area contributed by atoms with Crippen molar-refractivity contribution in [1.29, 1.82) is 0 Å². The van der Waals surface area contributed by atoms with Crippen molar-refractivity contribution in [3.05, 3.63) is 18.0 Å². The van der Waals surface area contributed by atoms with Gasteiger partial charge in [-0.3, -0.25) is 4.68 Å². The Hall–Kier alpha value is -0.910. The smallest absolute Gasteiger partial charge is 0.0640 e. The summed E-state index contributed by atoms with van der Waals surface area (Å²) in [5.74, 6) is 0.691. The molecule has 18 heavy (non-hydrogen) atoms. The number of hydrogen-bond donors (Lipinski definition) is 2. The third-order valence-electron chi connectivity index (χ3n) is 3.69. The van der Waals surface area contributed by atoms with E-state index < -0.39 is 0 Å². The second-order valence-electron chi connectivity index (χ2n) is 5.35. The van der Waals surface area contributed by atoms with Crippen LogP contribution in [-0.2, 0) is 13.1 Å². The van der Waals surface area contributed by atoms with Crippen molar-refractivity contribution in [2.24, 2.45) is 5.92 Å². The van der Waals surface area contributed by atoms with E-state index in [1.165, 1.54) is 25.1 Å². The maximum Gasteiger partial charge on any atom is 0.0640 e. The van der Waals surface area contributed by atoms with Crippen LogP contribution in [0.1, 0.15) is 18.9 Å². The molecule has 0 saturated carbocycles. The Balaban J connectivity index is 1.79. The Morgan fingerprint density at radius 2 is 2.39 bits per heavy atom. The Labute approximate surface area is 109 Å². The minimum absolute atomic E-state index is 0.139. The van der Waals surface area contributed by atoms with Gasteiger partial charge in [0.2, 0.25) is 0 Å². The van der Waals surface area contributed by atoms with Crippen LogP contribution in [0.3, 0.4) is 0 Å². The maximum atomic E-state index is 8.84. The molecule has 0 aliphatic carbocycles. The molecule has 2 unspecified atom stereocenters. The fourth-order valence-corrected chi connectivity index (χ4v) is 2.63. The second-order valence-corrected chi connectivity index (χ2v) is 5.35. The van der Waals surface area contributed by atoms with Crippen molar-refractivity contribution in [3.63, 3.8) is 0 Å². The predicted octanol–water partition coefficient (Wildman–Crippen LogP) is 0.305. The van der Waals surface area contributed by atoms with Crippen molar-refractivity contribution < 1.29 is 5.11 Å².